The molecular weight excluding hydrogens is 256 g/mol. The SMILES string of the molecule is CCOC(=O)C(N)C(=O)NC1CCCCC1C(C)(C)C. The lowest BCUT2D eigenvalue weighted by molar-refractivity contribution is -0.148. The third-order valence-corrected chi connectivity index (χ3v) is 4.03. The molecule has 0 aromatic rings. The van der Waals surface area contributed by atoms with Gasteiger partial charge in [-0.3, -0.25) is 4.79 Å². The van der Waals surface area contributed by atoms with E-state index in [9.17, 15) is 9.59 Å². The van der Waals surface area contributed by atoms with Gasteiger partial charge >= 0.3 is 5.97 Å². The summed E-state index contributed by atoms with van der Waals surface area (Å²) in [6.45, 7) is 8.49. The molecular formula is C15H28N2O3. The molecule has 1 aliphatic carbocycles. The Hall–Kier alpha value is -1.10. The molecule has 3 N–H and O–H groups in total. The molecule has 1 fully saturated rings. The van der Waals surface area contributed by atoms with Gasteiger partial charge in [0.25, 0.3) is 0 Å². The molecule has 1 amide bonds. The van der Waals surface area contributed by atoms with Crippen molar-refractivity contribution < 1.29 is 14.3 Å². The summed E-state index contributed by atoms with van der Waals surface area (Å²) in [7, 11) is 0. The van der Waals surface area contributed by atoms with Gasteiger partial charge < -0.3 is 15.8 Å². The Morgan fingerprint density at radius 2 is 1.90 bits per heavy atom. The van der Waals surface area contributed by atoms with Gasteiger partial charge in [-0.05, 0) is 31.1 Å². The zero-order chi connectivity index (χ0) is 15.3. The number of hydrogen-bond donors (Lipinski definition) is 2. The molecule has 1 aliphatic rings. The van der Waals surface area contributed by atoms with Crippen LogP contribution in [0.3, 0.4) is 0 Å². The first-order valence-electron chi connectivity index (χ1n) is 7.50. The van der Waals surface area contributed by atoms with E-state index in [1.165, 1.54) is 6.42 Å². The van der Waals surface area contributed by atoms with Gasteiger partial charge in [-0.25, -0.2) is 4.79 Å². The largest absolute Gasteiger partial charge is 0.464 e. The van der Waals surface area contributed by atoms with Crippen LogP contribution in [0.4, 0.5) is 0 Å². The Morgan fingerprint density at radius 1 is 1.30 bits per heavy atom. The van der Waals surface area contributed by atoms with Crippen LogP contribution in [0.2, 0.25) is 0 Å². The zero-order valence-corrected chi connectivity index (χ0v) is 13.1. The number of nitrogens with one attached hydrogen (secondary N) is 1. The number of nitrogens with two attached hydrogens (primary N) is 1. The van der Waals surface area contributed by atoms with E-state index in [1.807, 2.05) is 0 Å². The van der Waals surface area contributed by atoms with Gasteiger partial charge in [0, 0.05) is 6.04 Å². The van der Waals surface area contributed by atoms with E-state index in [0.29, 0.717) is 5.92 Å². The quantitative estimate of drug-likeness (QED) is 0.607. The molecule has 5 nitrogen and oxygen atoms in total. The van der Waals surface area contributed by atoms with E-state index in [-0.39, 0.29) is 18.1 Å². The summed E-state index contributed by atoms with van der Waals surface area (Å²) in [6.07, 6.45) is 4.34. The van der Waals surface area contributed by atoms with Gasteiger partial charge in [0.15, 0.2) is 6.04 Å². The highest BCUT2D eigenvalue weighted by atomic mass is 16.5. The zero-order valence-electron chi connectivity index (χ0n) is 13.1. The number of rotatable bonds is 4. The molecule has 5 heteroatoms. The van der Waals surface area contributed by atoms with Crippen molar-refractivity contribution in [2.24, 2.45) is 17.1 Å². The highest BCUT2D eigenvalue weighted by Gasteiger charge is 2.36. The minimum Gasteiger partial charge on any atom is -0.464 e. The second-order valence-corrected chi connectivity index (χ2v) is 6.60. The molecule has 0 bridgehead atoms. The van der Waals surface area contributed by atoms with Crippen LogP contribution in [0.25, 0.3) is 0 Å². The van der Waals surface area contributed by atoms with Crippen LogP contribution in [0.15, 0.2) is 0 Å². The second-order valence-electron chi connectivity index (χ2n) is 6.60. The third kappa shape index (κ3) is 4.47. The van der Waals surface area contributed by atoms with Crippen LogP contribution in [0, 0.1) is 11.3 Å². The fourth-order valence-corrected chi connectivity index (χ4v) is 2.95. The van der Waals surface area contributed by atoms with Crippen molar-refractivity contribution in [3.8, 4) is 0 Å². The molecule has 116 valence electrons. The van der Waals surface area contributed by atoms with Crippen LogP contribution < -0.4 is 11.1 Å². The number of esters is 1. The van der Waals surface area contributed by atoms with Crippen LogP contribution in [-0.2, 0) is 14.3 Å². The summed E-state index contributed by atoms with van der Waals surface area (Å²) < 4.78 is 4.78. The molecule has 3 unspecified atom stereocenters. The number of carbonyl (C=O) groups excluding carboxylic acids is 2. The van der Waals surface area contributed by atoms with Crippen LogP contribution in [-0.4, -0.2) is 30.6 Å². The molecule has 1 rings (SSSR count). The molecule has 0 aromatic heterocycles. The molecule has 0 radical (unpaired) electrons. The summed E-state index contributed by atoms with van der Waals surface area (Å²) in [5.41, 5.74) is 5.76. The molecule has 0 aliphatic heterocycles. The molecule has 0 spiro atoms. The molecule has 3 atom stereocenters. The Kier molecular flexibility index (Phi) is 5.99. The Labute approximate surface area is 121 Å². The third-order valence-electron chi connectivity index (χ3n) is 4.03. The van der Waals surface area contributed by atoms with Crippen molar-refractivity contribution in [3.05, 3.63) is 0 Å². The predicted molar refractivity (Wildman–Crippen MR) is 78.0 cm³/mol. The minimum atomic E-state index is -1.22. The highest BCUT2D eigenvalue weighted by molar-refractivity contribution is 6.01. The monoisotopic (exact) mass is 284 g/mol. The van der Waals surface area contributed by atoms with Crippen molar-refractivity contribution in [2.75, 3.05) is 6.61 Å². The smallest absolute Gasteiger partial charge is 0.332 e. The Bertz CT molecular complexity index is 350. The average Bonchev–Trinajstić information content (AvgIpc) is 2.37. The van der Waals surface area contributed by atoms with Gasteiger partial charge in [0.05, 0.1) is 6.61 Å². The van der Waals surface area contributed by atoms with E-state index in [1.54, 1.807) is 6.92 Å². The lowest BCUT2D eigenvalue weighted by Gasteiger charge is -2.41. The van der Waals surface area contributed by atoms with Gasteiger partial charge in [-0.2, -0.15) is 0 Å². The molecule has 0 heterocycles. The van der Waals surface area contributed by atoms with E-state index in [0.717, 1.165) is 19.3 Å². The normalized spacial score (nSPS) is 24.9. The van der Waals surface area contributed by atoms with Crippen LogP contribution in [0.5, 0.6) is 0 Å². The summed E-state index contributed by atoms with van der Waals surface area (Å²) in [5, 5.41) is 2.95. The second kappa shape index (κ2) is 7.07. The van der Waals surface area contributed by atoms with Crippen molar-refractivity contribution in [1.29, 1.82) is 0 Å². The van der Waals surface area contributed by atoms with Crippen molar-refractivity contribution >= 4 is 11.9 Å². The first-order valence-corrected chi connectivity index (χ1v) is 7.50. The fourth-order valence-electron chi connectivity index (χ4n) is 2.95. The standard InChI is InChI=1S/C15H28N2O3/c1-5-20-14(19)12(16)13(18)17-11-9-7-6-8-10(11)15(2,3)4/h10-12H,5-9,16H2,1-4H3,(H,17,18). The van der Waals surface area contributed by atoms with E-state index in [4.69, 9.17) is 10.5 Å². The number of amides is 1. The summed E-state index contributed by atoms with van der Waals surface area (Å²) in [6, 6.07) is -1.13. The first-order chi connectivity index (χ1) is 9.27. The van der Waals surface area contributed by atoms with Crippen molar-refractivity contribution in [3.63, 3.8) is 0 Å². The van der Waals surface area contributed by atoms with Gasteiger partial charge in [-0.15, -0.1) is 0 Å². The minimum absolute atomic E-state index is 0.0942. The predicted octanol–water partition coefficient (Wildman–Crippen LogP) is 1.60. The van der Waals surface area contributed by atoms with E-state index in [2.05, 4.69) is 26.1 Å². The maximum atomic E-state index is 12.1. The molecule has 1 saturated carbocycles. The fraction of sp³-hybridized carbons (Fsp3) is 0.867. The van der Waals surface area contributed by atoms with Crippen LogP contribution in [0.1, 0.15) is 53.4 Å². The summed E-state index contributed by atoms with van der Waals surface area (Å²) in [4.78, 5) is 23.6. The molecule has 0 aromatic carbocycles. The lowest BCUT2D eigenvalue weighted by atomic mass is 9.69. The van der Waals surface area contributed by atoms with Gasteiger partial charge in [0.1, 0.15) is 0 Å². The molecule has 20 heavy (non-hydrogen) atoms. The summed E-state index contributed by atoms with van der Waals surface area (Å²) >= 11 is 0. The maximum Gasteiger partial charge on any atom is 0.332 e. The number of carbonyl (C=O) groups is 2. The number of ether oxygens (including phenoxy) is 1. The lowest BCUT2D eigenvalue weighted by Crippen LogP contribution is -2.54. The van der Waals surface area contributed by atoms with E-state index >= 15 is 0 Å². The van der Waals surface area contributed by atoms with Crippen molar-refractivity contribution in [2.45, 2.75) is 65.5 Å². The molecule has 0 saturated heterocycles. The highest BCUT2D eigenvalue weighted by Crippen LogP contribution is 2.37. The average molecular weight is 284 g/mol. The first kappa shape index (κ1) is 17.0. The topological polar surface area (TPSA) is 81.4 Å². The van der Waals surface area contributed by atoms with Gasteiger partial charge in [-0.1, -0.05) is 33.6 Å². The van der Waals surface area contributed by atoms with E-state index < -0.39 is 17.9 Å². The Balaban J connectivity index is 2.65. The summed E-state index contributed by atoms with van der Waals surface area (Å²) in [5.74, 6) is -0.674. The van der Waals surface area contributed by atoms with Gasteiger partial charge in [0.2, 0.25) is 5.91 Å². The van der Waals surface area contributed by atoms with Crippen LogP contribution >= 0.6 is 0 Å². The number of hydrogen-bond acceptors (Lipinski definition) is 4. The Morgan fingerprint density at radius 3 is 2.45 bits per heavy atom. The van der Waals surface area contributed by atoms with Crippen molar-refractivity contribution in [1.82, 2.24) is 5.32 Å². The maximum absolute atomic E-state index is 12.1.